The van der Waals surface area contributed by atoms with Crippen LogP contribution in [0.5, 0.6) is 0 Å². The van der Waals surface area contributed by atoms with Crippen molar-refractivity contribution in [3.05, 3.63) is 47.6 Å². The number of anilines is 1. The Morgan fingerprint density at radius 2 is 2.07 bits per heavy atom. The molecule has 6 heteroatoms. The van der Waals surface area contributed by atoms with E-state index >= 15 is 0 Å². The molecular formula is C24H28N2O4. The van der Waals surface area contributed by atoms with E-state index in [2.05, 4.69) is 24.4 Å². The van der Waals surface area contributed by atoms with Crippen molar-refractivity contribution in [2.75, 3.05) is 12.0 Å². The molecule has 30 heavy (non-hydrogen) atoms. The van der Waals surface area contributed by atoms with Crippen LogP contribution in [-0.2, 0) is 24.5 Å². The quantitative estimate of drug-likeness (QED) is 0.614. The average Bonchev–Trinajstić information content (AvgIpc) is 3.40. The van der Waals surface area contributed by atoms with Crippen LogP contribution in [0.1, 0.15) is 51.2 Å². The molecule has 1 N–H and O–H groups in total. The average molecular weight is 408 g/mol. The number of esters is 1. The van der Waals surface area contributed by atoms with Gasteiger partial charge in [0.25, 0.3) is 0 Å². The van der Waals surface area contributed by atoms with Gasteiger partial charge in [0.05, 0.1) is 12.5 Å². The maximum atomic E-state index is 12.3. The minimum absolute atomic E-state index is 0.0255. The van der Waals surface area contributed by atoms with E-state index in [1.807, 2.05) is 36.1 Å². The smallest absolute Gasteiger partial charge is 0.315 e. The number of nitrogens with one attached hydrogen (secondary N) is 1. The van der Waals surface area contributed by atoms with E-state index < -0.39 is 5.41 Å². The third-order valence-corrected chi connectivity index (χ3v) is 6.94. The topological polar surface area (TPSA) is 75.7 Å². The summed E-state index contributed by atoms with van der Waals surface area (Å²) in [5.74, 6) is -0.220. The number of nitrogens with zero attached hydrogens (tertiary/aromatic N) is 1. The van der Waals surface area contributed by atoms with Crippen molar-refractivity contribution in [1.29, 1.82) is 0 Å². The Morgan fingerprint density at radius 1 is 1.30 bits per heavy atom. The Bertz CT molecular complexity index is 981. The van der Waals surface area contributed by atoms with Gasteiger partial charge in [0.1, 0.15) is 0 Å². The van der Waals surface area contributed by atoms with Gasteiger partial charge in [-0.05, 0) is 61.9 Å². The number of carbonyl (C=O) groups excluding carboxylic acids is 3. The van der Waals surface area contributed by atoms with Gasteiger partial charge in [-0.1, -0.05) is 24.3 Å². The number of fused-ring (bicyclic) bond motifs is 2. The monoisotopic (exact) mass is 408 g/mol. The zero-order chi connectivity index (χ0) is 21.7. The molecule has 158 valence electrons. The number of hydrogen-bond acceptors (Lipinski definition) is 4. The standard InChI is InChI=1S/C24H28N2O4/c1-15-12-24(13-21(24)25-14-27)19-11-18(5-6-20(19)26(15)16(2)28)17-7-9-23(3,10-8-17)22(29)30-4/h5-9,11,14-15,21H,10,12-13H2,1-4H3,(H,25,27)/t15-,21?,23?,24?/m1/s1. The molecule has 0 radical (unpaired) electrons. The fraction of sp³-hybridized carbons (Fsp3) is 0.458. The van der Waals surface area contributed by atoms with E-state index in [-0.39, 0.29) is 29.4 Å². The van der Waals surface area contributed by atoms with Crippen LogP contribution in [0.4, 0.5) is 5.69 Å². The molecule has 0 saturated heterocycles. The van der Waals surface area contributed by atoms with Crippen LogP contribution >= 0.6 is 0 Å². The maximum Gasteiger partial charge on any atom is 0.315 e. The maximum absolute atomic E-state index is 12.3. The van der Waals surface area contributed by atoms with Gasteiger partial charge in [0.2, 0.25) is 12.3 Å². The number of methoxy groups -OCH3 is 1. The van der Waals surface area contributed by atoms with E-state index in [9.17, 15) is 14.4 Å². The molecule has 6 nitrogen and oxygen atoms in total. The number of benzene rings is 1. The van der Waals surface area contributed by atoms with Gasteiger partial charge < -0.3 is 15.0 Å². The Morgan fingerprint density at radius 3 is 2.67 bits per heavy atom. The van der Waals surface area contributed by atoms with E-state index in [0.29, 0.717) is 6.42 Å². The molecule has 1 saturated carbocycles. The van der Waals surface area contributed by atoms with Crippen molar-refractivity contribution in [1.82, 2.24) is 5.32 Å². The molecule has 1 aromatic rings. The van der Waals surface area contributed by atoms with Gasteiger partial charge >= 0.3 is 5.97 Å². The highest BCUT2D eigenvalue weighted by atomic mass is 16.5. The fourth-order valence-electron chi connectivity index (χ4n) is 5.23. The lowest BCUT2D eigenvalue weighted by molar-refractivity contribution is -0.148. The summed E-state index contributed by atoms with van der Waals surface area (Å²) >= 11 is 0. The molecule has 4 rings (SSSR count). The molecule has 0 aromatic heterocycles. The van der Waals surface area contributed by atoms with E-state index in [1.165, 1.54) is 7.11 Å². The largest absolute Gasteiger partial charge is 0.468 e. The molecule has 2 aliphatic carbocycles. The highest BCUT2D eigenvalue weighted by Crippen LogP contribution is 2.58. The minimum atomic E-state index is -0.649. The Hall–Kier alpha value is -2.89. The summed E-state index contributed by atoms with van der Waals surface area (Å²) < 4.78 is 4.93. The van der Waals surface area contributed by atoms with Crippen LogP contribution in [0, 0.1) is 5.41 Å². The van der Waals surface area contributed by atoms with Crippen molar-refractivity contribution >= 4 is 29.5 Å². The Balaban J connectivity index is 1.72. The van der Waals surface area contributed by atoms with Crippen molar-refractivity contribution in [2.45, 2.75) is 57.5 Å². The number of allylic oxidation sites excluding steroid dienone is 3. The second-order valence-electron chi connectivity index (χ2n) is 8.98. The molecule has 1 fully saturated rings. The SMILES string of the molecule is COC(=O)C1(C)C=CC(c2ccc3c(c2)C2(CC2NC=O)C[C@@H](C)N3C(C)=O)=CC1. The van der Waals surface area contributed by atoms with E-state index in [4.69, 9.17) is 4.74 Å². The first-order chi connectivity index (χ1) is 14.3. The van der Waals surface area contributed by atoms with E-state index in [0.717, 1.165) is 41.6 Å². The lowest BCUT2D eigenvalue weighted by Crippen LogP contribution is -2.45. The number of carbonyl (C=O) groups is 3. The molecule has 0 bridgehead atoms. The third kappa shape index (κ3) is 3.06. The summed E-state index contributed by atoms with van der Waals surface area (Å²) in [5.41, 5.74) is 3.36. The molecule has 1 aliphatic heterocycles. The fourth-order valence-corrected chi connectivity index (χ4v) is 5.23. The highest BCUT2D eigenvalue weighted by molar-refractivity contribution is 5.95. The summed E-state index contributed by atoms with van der Waals surface area (Å²) in [6, 6.07) is 6.37. The van der Waals surface area contributed by atoms with Crippen LogP contribution in [0.2, 0.25) is 0 Å². The molecule has 1 spiro atoms. The van der Waals surface area contributed by atoms with Gasteiger partial charge in [-0.3, -0.25) is 14.4 Å². The van der Waals surface area contributed by atoms with Crippen molar-refractivity contribution in [2.24, 2.45) is 5.41 Å². The minimum Gasteiger partial charge on any atom is -0.468 e. The van der Waals surface area contributed by atoms with Gasteiger partial charge in [0.15, 0.2) is 0 Å². The summed E-state index contributed by atoms with van der Waals surface area (Å²) in [5, 5.41) is 2.95. The Kier molecular flexibility index (Phi) is 4.83. The number of amides is 2. The summed E-state index contributed by atoms with van der Waals surface area (Å²) in [4.78, 5) is 37.4. The predicted molar refractivity (Wildman–Crippen MR) is 115 cm³/mol. The van der Waals surface area contributed by atoms with Crippen LogP contribution in [0.15, 0.2) is 36.4 Å². The first-order valence-electron chi connectivity index (χ1n) is 10.4. The van der Waals surface area contributed by atoms with Crippen molar-refractivity contribution < 1.29 is 19.1 Å². The zero-order valence-corrected chi connectivity index (χ0v) is 17.9. The summed E-state index contributed by atoms with van der Waals surface area (Å²) in [7, 11) is 1.41. The van der Waals surface area contributed by atoms with Crippen LogP contribution in [0.3, 0.4) is 0 Å². The molecule has 2 amide bonds. The van der Waals surface area contributed by atoms with Crippen LogP contribution in [0.25, 0.3) is 5.57 Å². The molecule has 3 unspecified atom stereocenters. The molecule has 4 atom stereocenters. The second-order valence-corrected chi connectivity index (χ2v) is 8.98. The van der Waals surface area contributed by atoms with Gasteiger partial charge in [-0.2, -0.15) is 0 Å². The molecule has 1 aromatic carbocycles. The third-order valence-electron chi connectivity index (χ3n) is 6.94. The van der Waals surface area contributed by atoms with Gasteiger partial charge in [0, 0.05) is 30.1 Å². The summed E-state index contributed by atoms with van der Waals surface area (Å²) in [6.07, 6.45) is 8.98. The zero-order valence-electron chi connectivity index (χ0n) is 17.9. The first kappa shape index (κ1) is 20.4. The van der Waals surface area contributed by atoms with Crippen LogP contribution in [-0.4, -0.2) is 37.5 Å². The lowest BCUT2D eigenvalue weighted by atomic mass is 9.78. The second kappa shape index (κ2) is 7.11. The van der Waals surface area contributed by atoms with Crippen molar-refractivity contribution in [3.63, 3.8) is 0 Å². The Labute approximate surface area is 177 Å². The highest BCUT2D eigenvalue weighted by Gasteiger charge is 2.59. The molecular weight excluding hydrogens is 380 g/mol. The predicted octanol–water partition coefficient (Wildman–Crippen LogP) is 3.11. The summed E-state index contributed by atoms with van der Waals surface area (Å²) in [6.45, 7) is 5.53. The lowest BCUT2D eigenvalue weighted by Gasteiger charge is -2.40. The first-order valence-corrected chi connectivity index (χ1v) is 10.4. The van der Waals surface area contributed by atoms with Crippen LogP contribution < -0.4 is 10.2 Å². The molecule has 1 heterocycles. The number of rotatable bonds is 4. The van der Waals surface area contributed by atoms with Gasteiger partial charge in [-0.15, -0.1) is 0 Å². The number of hydrogen-bond donors (Lipinski definition) is 1. The van der Waals surface area contributed by atoms with Gasteiger partial charge in [-0.25, -0.2) is 0 Å². The molecule has 3 aliphatic rings. The van der Waals surface area contributed by atoms with E-state index in [1.54, 1.807) is 6.92 Å². The van der Waals surface area contributed by atoms with Crippen molar-refractivity contribution in [3.8, 4) is 0 Å². The number of ether oxygens (including phenoxy) is 1. The normalized spacial score (nSPS) is 31.6.